The highest BCUT2D eigenvalue weighted by atomic mass is 19.1. The third kappa shape index (κ3) is 2.22. The Hall–Kier alpha value is -2.23. The van der Waals surface area contributed by atoms with Crippen molar-refractivity contribution in [3.05, 3.63) is 58.7 Å². The second-order valence-corrected chi connectivity index (χ2v) is 4.24. The second-order valence-electron chi connectivity index (χ2n) is 4.24. The lowest BCUT2D eigenvalue weighted by atomic mass is 9.99. The number of anilines is 1. The van der Waals surface area contributed by atoms with Crippen molar-refractivity contribution >= 4 is 11.5 Å². The average molecular weight is 244 g/mol. The Kier molecular flexibility index (Phi) is 3.10. The van der Waals surface area contributed by atoms with Crippen LogP contribution in [0.5, 0.6) is 0 Å². The second kappa shape index (κ2) is 4.56. The van der Waals surface area contributed by atoms with Crippen molar-refractivity contribution in [3.63, 3.8) is 0 Å². The van der Waals surface area contributed by atoms with E-state index < -0.39 is 11.6 Å². The van der Waals surface area contributed by atoms with Gasteiger partial charge >= 0.3 is 0 Å². The molecule has 3 nitrogen and oxygen atoms in total. The molecule has 0 saturated heterocycles. The first-order valence-electron chi connectivity index (χ1n) is 5.52. The number of pyridine rings is 1. The van der Waals surface area contributed by atoms with Gasteiger partial charge in [0.05, 0.1) is 17.4 Å². The van der Waals surface area contributed by atoms with Crippen molar-refractivity contribution < 1.29 is 9.18 Å². The maximum Gasteiger partial charge on any atom is 0.214 e. The van der Waals surface area contributed by atoms with Gasteiger partial charge in [0.2, 0.25) is 5.78 Å². The quantitative estimate of drug-likeness (QED) is 0.826. The van der Waals surface area contributed by atoms with Crippen molar-refractivity contribution in [1.82, 2.24) is 4.98 Å². The Labute approximate surface area is 104 Å². The van der Waals surface area contributed by atoms with Crippen LogP contribution in [-0.4, -0.2) is 10.8 Å². The van der Waals surface area contributed by atoms with Crippen molar-refractivity contribution in [1.29, 1.82) is 0 Å². The fourth-order valence-electron chi connectivity index (χ4n) is 1.87. The van der Waals surface area contributed by atoms with Crippen LogP contribution in [0.2, 0.25) is 0 Å². The number of aromatic nitrogens is 1. The first kappa shape index (κ1) is 12.2. The summed E-state index contributed by atoms with van der Waals surface area (Å²) in [4.78, 5) is 16.1. The van der Waals surface area contributed by atoms with Crippen molar-refractivity contribution in [2.75, 3.05) is 5.73 Å². The summed E-state index contributed by atoms with van der Waals surface area (Å²) in [6.07, 6.45) is 1.38. The summed E-state index contributed by atoms with van der Waals surface area (Å²) in [6.45, 7) is 3.49. The summed E-state index contributed by atoms with van der Waals surface area (Å²) in [7, 11) is 0. The lowest BCUT2D eigenvalue weighted by Crippen LogP contribution is -2.09. The van der Waals surface area contributed by atoms with E-state index >= 15 is 0 Å². The number of hydrogen-bond acceptors (Lipinski definition) is 3. The van der Waals surface area contributed by atoms with Gasteiger partial charge in [0.25, 0.3) is 0 Å². The molecule has 4 heteroatoms. The van der Waals surface area contributed by atoms with Gasteiger partial charge in [0.15, 0.2) is 0 Å². The molecular weight excluding hydrogens is 231 g/mol. The Morgan fingerprint density at radius 3 is 2.56 bits per heavy atom. The van der Waals surface area contributed by atoms with Gasteiger partial charge in [-0.05, 0) is 43.2 Å². The van der Waals surface area contributed by atoms with E-state index in [9.17, 15) is 9.18 Å². The molecule has 2 rings (SSSR count). The lowest BCUT2D eigenvalue weighted by molar-refractivity contribution is 0.103. The summed E-state index contributed by atoms with van der Waals surface area (Å²) in [5.74, 6) is -0.943. The molecule has 0 aliphatic heterocycles. The van der Waals surface area contributed by atoms with E-state index in [1.807, 2.05) is 0 Å². The molecule has 2 aromatic rings. The Balaban J connectivity index is 2.49. The van der Waals surface area contributed by atoms with Crippen LogP contribution in [0.25, 0.3) is 0 Å². The van der Waals surface area contributed by atoms with Crippen LogP contribution in [0.4, 0.5) is 10.1 Å². The number of hydrogen-bond donors (Lipinski definition) is 1. The predicted molar refractivity (Wildman–Crippen MR) is 68.0 cm³/mol. The van der Waals surface area contributed by atoms with Gasteiger partial charge in [-0.1, -0.05) is 6.07 Å². The molecule has 0 aliphatic rings. The molecule has 0 spiro atoms. The van der Waals surface area contributed by atoms with Gasteiger partial charge in [-0.3, -0.25) is 9.78 Å². The van der Waals surface area contributed by atoms with Crippen LogP contribution < -0.4 is 5.73 Å². The first-order valence-corrected chi connectivity index (χ1v) is 5.52. The summed E-state index contributed by atoms with van der Waals surface area (Å²) in [5.41, 5.74) is 7.61. The van der Waals surface area contributed by atoms with Gasteiger partial charge < -0.3 is 5.73 Å². The number of aryl methyl sites for hydroxylation is 2. The largest absolute Gasteiger partial charge is 0.397 e. The molecule has 1 aromatic heterocycles. The monoisotopic (exact) mass is 244 g/mol. The average Bonchev–Trinajstić information content (AvgIpc) is 2.28. The van der Waals surface area contributed by atoms with E-state index in [1.54, 1.807) is 26.0 Å². The number of nitrogens with zero attached hydrogens (tertiary/aromatic N) is 1. The number of rotatable bonds is 2. The molecule has 18 heavy (non-hydrogen) atoms. The molecule has 2 N–H and O–H groups in total. The van der Waals surface area contributed by atoms with Gasteiger partial charge in [0, 0.05) is 0 Å². The molecular formula is C14H13FN2O. The van der Waals surface area contributed by atoms with Crippen LogP contribution in [0, 0.1) is 19.7 Å². The normalized spacial score (nSPS) is 10.4. The third-order valence-electron chi connectivity index (χ3n) is 2.68. The number of nitrogen functional groups attached to an aromatic ring is 1. The zero-order chi connectivity index (χ0) is 13.3. The summed E-state index contributed by atoms with van der Waals surface area (Å²) < 4.78 is 13.9. The Bertz CT molecular complexity index is 583. The standard InChI is InChI=1S/C14H13FN2O/c1-8-5-9(2)13(11(15)6-8)14(18)12-4-3-10(16)7-17-12/h3-7H,16H2,1-2H3. The van der Waals surface area contributed by atoms with Crippen LogP contribution >= 0.6 is 0 Å². The highest BCUT2D eigenvalue weighted by Gasteiger charge is 2.18. The van der Waals surface area contributed by atoms with Crippen LogP contribution in [0.15, 0.2) is 30.5 Å². The zero-order valence-electron chi connectivity index (χ0n) is 10.2. The van der Waals surface area contributed by atoms with Gasteiger partial charge in [-0.25, -0.2) is 4.39 Å². The van der Waals surface area contributed by atoms with Crippen LogP contribution in [0.1, 0.15) is 27.2 Å². The summed E-state index contributed by atoms with van der Waals surface area (Å²) in [6, 6.07) is 6.18. The SMILES string of the molecule is Cc1cc(C)c(C(=O)c2ccc(N)cn2)c(F)c1. The van der Waals surface area contributed by atoms with E-state index in [1.165, 1.54) is 18.3 Å². The van der Waals surface area contributed by atoms with E-state index in [4.69, 9.17) is 5.73 Å². The number of nitrogens with two attached hydrogens (primary N) is 1. The number of carbonyl (C=O) groups is 1. The number of ketones is 1. The predicted octanol–water partition coefficient (Wildman–Crippen LogP) is 2.65. The molecule has 1 aromatic carbocycles. The van der Waals surface area contributed by atoms with E-state index in [0.717, 1.165) is 5.56 Å². The minimum atomic E-state index is -0.517. The molecule has 0 aliphatic carbocycles. The molecule has 0 bridgehead atoms. The molecule has 92 valence electrons. The van der Waals surface area contributed by atoms with Crippen LogP contribution in [-0.2, 0) is 0 Å². The molecule has 0 amide bonds. The summed E-state index contributed by atoms with van der Waals surface area (Å²) >= 11 is 0. The fourth-order valence-corrected chi connectivity index (χ4v) is 1.87. The highest BCUT2D eigenvalue weighted by Crippen LogP contribution is 2.19. The number of halogens is 1. The fraction of sp³-hybridized carbons (Fsp3) is 0.143. The molecule has 0 radical (unpaired) electrons. The Morgan fingerprint density at radius 1 is 1.28 bits per heavy atom. The Morgan fingerprint density at radius 2 is 2.00 bits per heavy atom. The smallest absolute Gasteiger partial charge is 0.214 e. The van der Waals surface area contributed by atoms with Crippen LogP contribution in [0.3, 0.4) is 0 Å². The minimum absolute atomic E-state index is 0.0675. The van der Waals surface area contributed by atoms with Crippen molar-refractivity contribution in [2.24, 2.45) is 0 Å². The third-order valence-corrected chi connectivity index (χ3v) is 2.68. The summed E-state index contributed by atoms with van der Waals surface area (Å²) in [5, 5.41) is 0. The first-order chi connectivity index (χ1) is 8.49. The lowest BCUT2D eigenvalue weighted by Gasteiger charge is -2.07. The van der Waals surface area contributed by atoms with E-state index in [-0.39, 0.29) is 11.3 Å². The number of carbonyl (C=O) groups excluding carboxylic acids is 1. The highest BCUT2D eigenvalue weighted by molar-refractivity contribution is 6.08. The molecule has 0 fully saturated rings. The molecule has 0 unspecified atom stereocenters. The topological polar surface area (TPSA) is 56.0 Å². The maximum atomic E-state index is 13.9. The zero-order valence-corrected chi connectivity index (χ0v) is 10.2. The minimum Gasteiger partial charge on any atom is -0.397 e. The maximum absolute atomic E-state index is 13.9. The molecule has 1 heterocycles. The van der Waals surface area contributed by atoms with E-state index in [2.05, 4.69) is 4.98 Å². The van der Waals surface area contributed by atoms with E-state index in [0.29, 0.717) is 11.3 Å². The molecule has 0 atom stereocenters. The van der Waals surface area contributed by atoms with Gasteiger partial charge in [-0.2, -0.15) is 0 Å². The van der Waals surface area contributed by atoms with Crippen molar-refractivity contribution in [2.45, 2.75) is 13.8 Å². The van der Waals surface area contributed by atoms with Crippen molar-refractivity contribution in [3.8, 4) is 0 Å². The molecule has 0 saturated carbocycles. The number of benzene rings is 1. The van der Waals surface area contributed by atoms with Gasteiger partial charge in [-0.15, -0.1) is 0 Å². The van der Waals surface area contributed by atoms with Gasteiger partial charge in [0.1, 0.15) is 11.5 Å².